The zero-order valence-corrected chi connectivity index (χ0v) is 12.0. The second-order valence-corrected chi connectivity index (χ2v) is 5.62. The van der Waals surface area contributed by atoms with E-state index in [0.717, 1.165) is 32.7 Å². The number of benzene rings is 1. The van der Waals surface area contributed by atoms with E-state index in [-0.39, 0.29) is 6.04 Å². The van der Waals surface area contributed by atoms with Crippen LogP contribution in [0.25, 0.3) is 0 Å². The molecule has 1 aromatic rings. The third-order valence-electron chi connectivity index (χ3n) is 3.66. The summed E-state index contributed by atoms with van der Waals surface area (Å²) >= 11 is 0. The van der Waals surface area contributed by atoms with E-state index in [2.05, 4.69) is 32.0 Å². The molecular formula is C16H25NO2. The first-order valence-corrected chi connectivity index (χ1v) is 7.14. The third kappa shape index (κ3) is 4.60. The number of hydrogen-bond donors (Lipinski definition) is 1. The van der Waals surface area contributed by atoms with Gasteiger partial charge in [0, 0.05) is 19.8 Å². The fourth-order valence-corrected chi connectivity index (χ4v) is 2.59. The summed E-state index contributed by atoms with van der Waals surface area (Å²) in [4.78, 5) is 0. The van der Waals surface area contributed by atoms with E-state index in [0.29, 0.717) is 12.5 Å². The lowest BCUT2D eigenvalue weighted by Crippen LogP contribution is -2.23. The maximum Gasteiger partial charge on any atom is 0.0659 e. The van der Waals surface area contributed by atoms with Crippen molar-refractivity contribution in [3.63, 3.8) is 0 Å². The number of ether oxygens (including phenoxy) is 2. The lowest BCUT2D eigenvalue weighted by atomic mass is 10.0. The topological polar surface area (TPSA) is 44.5 Å². The van der Waals surface area contributed by atoms with Crippen LogP contribution in [-0.2, 0) is 9.47 Å². The molecule has 0 amide bonds. The fraction of sp³-hybridized carbons (Fsp3) is 0.625. The van der Waals surface area contributed by atoms with Gasteiger partial charge in [-0.1, -0.05) is 29.3 Å². The minimum atomic E-state index is -0.0292. The van der Waals surface area contributed by atoms with Gasteiger partial charge in [0.1, 0.15) is 0 Å². The van der Waals surface area contributed by atoms with Gasteiger partial charge in [0.15, 0.2) is 0 Å². The molecule has 1 aliphatic rings. The summed E-state index contributed by atoms with van der Waals surface area (Å²) in [5, 5.41) is 0. The Balaban J connectivity index is 1.78. The summed E-state index contributed by atoms with van der Waals surface area (Å²) in [6, 6.07) is 6.43. The molecule has 1 saturated heterocycles. The Morgan fingerprint density at radius 1 is 1.21 bits per heavy atom. The van der Waals surface area contributed by atoms with Crippen LogP contribution >= 0.6 is 0 Å². The molecule has 19 heavy (non-hydrogen) atoms. The number of aryl methyl sites for hydroxylation is 2. The van der Waals surface area contributed by atoms with Gasteiger partial charge in [0.05, 0.1) is 12.6 Å². The van der Waals surface area contributed by atoms with Crippen molar-refractivity contribution in [1.29, 1.82) is 0 Å². The molecule has 1 heterocycles. The van der Waals surface area contributed by atoms with Crippen molar-refractivity contribution in [3.8, 4) is 0 Å². The van der Waals surface area contributed by atoms with E-state index in [1.807, 2.05) is 0 Å². The Kier molecular flexibility index (Phi) is 5.37. The number of nitrogens with two attached hydrogens (primary N) is 1. The lowest BCUT2D eigenvalue weighted by Gasteiger charge is -2.22. The molecule has 0 aliphatic carbocycles. The van der Waals surface area contributed by atoms with Crippen LogP contribution in [0.15, 0.2) is 18.2 Å². The van der Waals surface area contributed by atoms with Crippen molar-refractivity contribution < 1.29 is 9.47 Å². The van der Waals surface area contributed by atoms with Crippen molar-refractivity contribution >= 4 is 0 Å². The zero-order chi connectivity index (χ0) is 13.7. The average Bonchev–Trinajstić information content (AvgIpc) is 2.38. The molecule has 1 atom stereocenters. The molecule has 1 fully saturated rings. The first-order chi connectivity index (χ1) is 9.15. The zero-order valence-electron chi connectivity index (χ0n) is 12.0. The average molecular weight is 263 g/mol. The molecule has 1 unspecified atom stereocenters. The van der Waals surface area contributed by atoms with Crippen LogP contribution in [0.5, 0.6) is 0 Å². The Morgan fingerprint density at radius 2 is 1.84 bits per heavy atom. The van der Waals surface area contributed by atoms with Gasteiger partial charge >= 0.3 is 0 Å². The number of rotatable bonds is 5. The second kappa shape index (κ2) is 7.04. The largest absolute Gasteiger partial charge is 0.381 e. The van der Waals surface area contributed by atoms with Gasteiger partial charge in [-0.05, 0) is 38.2 Å². The van der Waals surface area contributed by atoms with E-state index < -0.39 is 0 Å². The Morgan fingerprint density at radius 3 is 2.47 bits per heavy atom. The van der Waals surface area contributed by atoms with Gasteiger partial charge in [-0.25, -0.2) is 0 Å². The first-order valence-electron chi connectivity index (χ1n) is 7.14. The van der Waals surface area contributed by atoms with Crippen molar-refractivity contribution in [2.75, 3.05) is 26.4 Å². The van der Waals surface area contributed by atoms with E-state index in [9.17, 15) is 0 Å². The van der Waals surface area contributed by atoms with E-state index in [4.69, 9.17) is 15.2 Å². The predicted molar refractivity (Wildman–Crippen MR) is 77.2 cm³/mol. The monoisotopic (exact) mass is 263 g/mol. The Hall–Kier alpha value is -0.900. The van der Waals surface area contributed by atoms with Gasteiger partial charge in [-0.2, -0.15) is 0 Å². The molecule has 0 bridgehead atoms. The van der Waals surface area contributed by atoms with Crippen LogP contribution in [0.4, 0.5) is 0 Å². The van der Waals surface area contributed by atoms with E-state index in [1.54, 1.807) is 0 Å². The Bertz CT molecular complexity index is 379. The molecule has 2 N–H and O–H groups in total. The summed E-state index contributed by atoms with van der Waals surface area (Å²) in [5.74, 6) is 0.639. The molecule has 1 aliphatic heterocycles. The highest BCUT2D eigenvalue weighted by Crippen LogP contribution is 2.18. The molecule has 2 rings (SSSR count). The minimum Gasteiger partial charge on any atom is -0.381 e. The van der Waals surface area contributed by atoms with Crippen LogP contribution in [-0.4, -0.2) is 26.4 Å². The van der Waals surface area contributed by atoms with Crippen LogP contribution in [0.2, 0.25) is 0 Å². The third-order valence-corrected chi connectivity index (χ3v) is 3.66. The summed E-state index contributed by atoms with van der Waals surface area (Å²) < 4.78 is 11.1. The standard InChI is InChI=1S/C16H25NO2/c1-12-7-13(2)9-15(8-12)16(17)11-19-10-14-3-5-18-6-4-14/h7-9,14,16H,3-6,10-11,17H2,1-2H3. The van der Waals surface area contributed by atoms with Crippen molar-refractivity contribution in [3.05, 3.63) is 34.9 Å². The molecule has 3 nitrogen and oxygen atoms in total. The minimum absolute atomic E-state index is 0.0292. The molecule has 0 aromatic heterocycles. The normalized spacial score (nSPS) is 18.5. The highest BCUT2D eigenvalue weighted by atomic mass is 16.5. The van der Waals surface area contributed by atoms with Crippen LogP contribution in [0, 0.1) is 19.8 Å². The summed E-state index contributed by atoms with van der Waals surface area (Å²) in [7, 11) is 0. The SMILES string of the molecule is Cc1cc(C)cc(C(N)COCC2CCOCC2)c1. The van der Waals surface area contributed by atoms with Gasteiger partial charge in [-0.3, -0.25) is 0 Å². The fourth-order valence-electron chi connectivity index (χ4n) is 2.59. The molecule has 0 saturated carbocycles. The summed E-state index contributed by atoms with van der Waals surface area (Å²) in [5.41, 5.74) is 9.89. The highest BCUT2D eigenvalue weighted by molar-refractivity contribution is 5.30. The number of hydrogen-bond acceptors (Lipinski definition) is 3. The molecule has 0 spiro atoms. The predicted octanol–water partition coefficient (Wildman–Crippen LogP) is 2.75. The summed E-state index contributed by atoms with van der Waals surface area (Å²) in [6.45, 7) is 7.36. The maximum absolute atomic E-state index is 6.20. The van der Waals surface area contributed by atoms with Crippen LogP contribution in [0.1, 0.15) is 35.6 Å². The van der Waals surface area contributed by atoms with Gasteiger partial charge in [0.2, 0.25) is 0 Å². The second-order valence-electron chi connectivity index (χ2n) is 5.62. The van der Waals surface area contributed by atoms with E-state index >= 15 is 0 Å². The molecule has 106 valence electrons. The summed E-state index contributed by atoms with van der Waals surface area (Å²) in [6.07, 6.45) is 2.22. The van der Waals surface area contributed by atoms with Gasteiger partial charge < -0.3 is 15.2 Å². The lowest BCUT2D eigenvalue weighted by molar-refractivity contribution is 0.0174. The van der Waals surface area contributed by atoms with E-state index in [1.165, 1.54) is 16.7 Å². The molecule has 0 radical (unpaired) electrons. The van der Waals surface area contributed by atoms with Gasteiger partial charge in [0.25, 0.3) is 0 Å². The van der Waals surface area contributed by atoms with Crippen LogP contribution < -0.4 is 5.73 Å². The van der Waals surface area contributed by atoms with Crippen molar-refractivity contribution in [2.24, 2.45) is 11.7 Å². The smallest absolute Gasteiger partial charge is 0.0659 e. The first kappa shape index (κ1) is 14.5. The quantitative estimate of drug-likeness (QED) is 0.888. The molecule has 3 heteroatoms. The van der Waals surface area contributed by atoms with Crippen LogP contribution in [0.3, 0.4) is 0 Å². The maximum atomic E-state index is 6.20. The van der Waals surface area contributed by atoms with Crippen molar-refractivity contribution in [1.82, 2.24) is 0 Å². The Labute approximate surface area is 116 Å². The van der Waals surface area contributed by atoms with Gasteiger partial charge in [-0.15, -0.1) is 0 Å². The molecular weight excluding hydrogens is 238 g/mol. The highest BCUT2D eigenvalue weighted by Gasteiger charge is 2.15. The van der Waals surface area contributed by atoms with Crippen molar-refractivity contribution in [2.45, 2.75) is 32.7 Å². The molecule has 1 aromatic carbocycles.